The van der Waals surface area contributed by atoms with E-state index in [1.807, 2.05) is 29.2 Å². The Labute approximate surface area is 166 Å². The predicted octanol–water partition coefficient (Wildman–Crippen LogP) is 3.18. The Morgan fingerprint density at radius 1 is 1.07 bits per heavy atom. The van der Waals surface area contributed by atoms with Gasteiger partial charge < -0.3 is 15.1 Å². The van der Waals surface area contributed by atoms with Gasteiger partial charge in [-0.2, -0.15) is 0 Å². The van der Waals surface area contributed by atoms with Gasteiger partial charge in [-0.25, -0.2) is 14.4 Å². The van der Waals surface area contributed by atoms with Gasteiger partial charge in [-0.05, 0) is 36.4 Å². The Bertz CT molecular complexity index is 990. The van der Waals surface area contributed by atoms with E-state index in [-0.39, 0.29) is 18.0 Å². The molecule has 0 atom stereocenters. The molecule has 1 amide bonds. The van der Waals surface area contributed by atoms with E-state index < -0.39 is 5.82 Å². The summed E-state index contributed by atoms with van der Waals surface area (Å²) in [5.74, 6) is 0.0316. The van der Waals surface area contributed by atoms with Gasteiger partial charge in [-0.15, -0.1) is 0 Å². The summed E-state index contributed by atoms with van der Waals surface area (Å²) in [6, 6.07) is 12.4. The van der Waals surface area contributed by atoms with Crippen molar-refractivity contribution in [1.29, 1.82) is 0 Å². The molecule has 3 aromatic rings. The molecular weight excluding hydrogens is 381 g/mol. The first kappa shape index (κ1) is 18.4. The number of rotatable bonds is 4. The van der Waals surface area contributed by atoms with E-state index >= 15 is 0 Å². The van der Waals surface area contributed by atoms with Crippen molar-refractivity contribution in [3.8, 4) is 0 Å². The van der Waals surface area contributed by atoms with Gasteiger partial charge in [0.15, 0.2) is 0 Å². The topological polar surface area (TPSA) is 61.4 Å². The van der Waals surface area contributed by atoms with Crippen molar-refractivity contribution in [2.45, 2.75) is 0 Å². The molecule has 2 aromatic carbocycles. The number of anilines is 2. The van der Waals surface area contributed by atoms with Crippen LogP contribution < -0.4 is 10.2 Å². The molecule has 0 saturated carbocycles. The van der Waals surface area contributed by atoms with Crippen LogP contribution in [0.3, 0.4) is 0 Å². The quantitative estimate of drug-likeness (QED) is 0.730. The summed E-state index contributed by atoms with van der Waals surface area (Å²) in [7, 11) is 0. The molecule has 4 rings (SSSR count). The summed E-state index contributed by atoms with van der Waals surface area (Å²) in [5.41, 5.74) is 1.34. The van der Waals surface area contributed by atoms with Gasteiger partial charge in [0.05, 0.1) is 6.54 Å². The standard InChI is InChI=1S/C20H19ClFN5O/c21-14-4-6-15(7-5-14)26-8-10-27(11-9-26)18(28)12-23-20-16-2-1-3-17(22)19(16)24-13-25-20/h1-7,13H,8-12H2,(H,23,24,25). The van der Waals surface area contributed by atoms with Crippen molar-refractivity contribution in [3.05, 3.63) is 59.6 Å². The van der Waals surface area contributed by atoms with Crippen LogP contribution in [0.4, 0.5) is 15.9 Å². The summed E-state index contributed by atoms with van der Waals surface area (Å²) in [6.45, 7) is 2.90. The number of nitrogens with zero attached hydrogens (tertiary/aromatic N) is 4. The Balaban J connectivity index is 1.35. The third kappa shape index (κ3) is 3.84. The van der Waals surface area contributed by atoms with E-state index in [1.165, 1.54) is 12.4 Å². The highest BCUT2D eigenvalue weighted by atomic mass is 35.5. The zero-order chi connectivity index (χ0) is 19.5. The van der Waals surface area contributed by atoms with Crippen LogP contribution >= 0.6 is 11.6 Å². The third-order valence-corrected chi connectivity index (χ3v) is 5.10. The zero-order valence-electron chi connectivity index (χ0n) is 15.1. The third-order valence-electron chi connectivity index (χ3n) is 4.85. The molecule has 6 nitrogen and oxygen atoms in total. The number of aromatic nitrogens is 2. The fourth-order valence-corrected chi connectivity index (χ4v) is 3.46. The van der Waals surface area contributed by atoms with Gasteiger partial charge in [-0.1, -0.05) is 17.7 Å². The molecule has 144 valence electrons. The summed E-state index contributed by atoms with van der Waals surface area (Å²) in [6.07, 6.45) is 1.29. The molecule has 1 saturated heterocycles. The molecular formula is C20H19ClFN5O. The van der Waals surface area contributed by atoms with E-state index in [1.54, 1.807) is 12.1 Å². The van der Waals surface area contributed by atoms with Crippen LogP contribution in [-0.2, 0) is 4.79 Å². The van der Waals surface area contributed by atoms with E-state index in [9.17, 15) is 9.18 Å². The number of carbonyl (C=O) groups excluding carboxylic acids is 1. The fraction of sp³-hybridized carbons (Fsp3) is 0.250. The van der Waals surface area contributed by atoms with Crippen LogP contribution in [0.25, 0.3) is 10.9 Å². The van der Waals surface area contributed by atoms with Crippen molar-refractivity contribution in [3.63, 3.8) is 0 Å². The number of fused-ring (bicyclic) bond motifs is 1. The number of para-hydroxylation sites is 1. The summed E-state index contributed by atoms with van der Waals surface area (Å²) >= 11 is 5.94. The molecule has 2 heterocycles. The zero-order valence-corrected chi connectivity index (χ0v) is 15.9. The minimum Gasteiger partial charge on any atom is -0.368 e. The lowest BCUT2D eigenvalue weighted by Gasteiger charge is -2.36. The lowest BCUT2D eigenvalue weighted by molar-refractivity contribution is -0.129. The second kappa shape index (κ2) is 7.98. The Hall–Kier alpha value is -2.93. The summed E-state index contributed by atoms with van der Waals surface area (Å²) in [4.78, 5) is 24.7. The highest BCUT2D eigenvalue weighted by Gasteiger charge is 2.21. The van der Waals surface area contributed by atoms with Crippen LogP contribution in [0.5, 0.6) is 0 Å². The predicted molar refractivity (Wildman–Crippen MR) is 108 cm³/mol. The molecule has 0 radical (unpaired) electrons. The van der Waals surface area contributed by atoms with E-state index in [4.69, 9.17) is 11.6 Å². The Kier molecular flexibility index (Phi) is 5.25. The lowest BCUT2D eigenvalue weighted by Crippen LogP contribution is -2.50. The molecule has 1 aliphatic rings. The van der Waals surface area contributed by atoms with Crippen LogP contribution in [0, 0.1) is 5.82 Å². The molecule has 28 heavy (non-hydrogen) atoms. The minimum atomic E-state index is -0.410. The van der Waals surface area contributed by atoms with Crippen LogP contribution in [-0.4, -0.2) is 53.5 Å². The molecule has 8 heteroatoms. The number of hydrogen-bond acceptors (Lipinski definition) is 5. The molecule has 1 N–H and O–H groups in total. The first-order chi connectivity index (χ1) is 13.6. The molecule has 1 aromatic heterocycles. The summed E-state index contributed by atoms with van der Waals surface area (Å²) < 4.78 is 13.8. The van der Waals surface area contributed by atoms with E-state index in [0.717, 1.165) is 18.8 Å². The van der Waals surface area contributed by atoms with Gasteiger partial charge in [0.25, 0.3) is 0 Å². The number of amides is 1. The number of carbonyl (C=O) groups is 1. The molecule has 1 aliphatic heterocycles. The number of piperazine rings is 1. The molecule has 0 unspecified atom stereocenters. The second-order valence-corrected chi connectivity index (χ2v) is 6.99. The van der Waals surface area contributed by atoms with Crippen LogP contribution in [0.15, 0.2) is 48.8 Å². The number of benzene rings is 2. The van der Waals surface area contributed by atoms with Crippen molar-refractivity contribution in [2.75, 3.05) is 42.9 Å². The van der Waals surface area contributed by atoms with Crippen molar-refractivity contribution in [1.82, 2.24) is 14.9 Å². The van der Waals surface area contributed by atoms with Crippen molar-refractivity contribution < 1.29 is 9.18 Å². The monoisotopic (exact) mass is 399 g/mol. The van der Waals surface area contributed by atoms with Crippen LogP contribution in [0.2, 0.25) is 5.02 Å². The van der Waals surface area contributed by atoms with Crippen molar-refractivity contribution >= 4 is 39.9 Å². The first-order valence-corrected chi connectivity index (χ1v) is 9.41. The normalized spacial score (nSPS) is 14.4. The highest BCUT2D eigenvalue weighted by molar-refractivity contribution is 6.30. The van der Waals surface area contributed by atoms with Crippen molar-refractivity contribution in [2.24, 2.45) is 0 Å². The highest BCUT2D eigenvalue weighted by Crippen LogP contribution is 2.22. The fourth-order valence-electron chi connectivity index (χ4n) is 3.33. The molecule has 0 bridgehead atoms. The largest absolute Gasteiger partial charge is 0.368 e. The Morgan fingerprint density at radius 3 is 2.57 bits per heavy atom. The maximum Gasteiger partial charge on any atom is 0.242 e. The average Bonchev–Trinajstić information content (AvgIpc) is 2.73. The number of halogens is 2. The van der Waals surface area contributed by atoms with Gasteiger partial charge in [-0.3, -0.25) is 4.79 Å². The van der Waals surface area contributed by atoms with Gasteiger partial charge in [0.1, 0.15) is 23.5 Å². The first-order valence-electron chi connectivity index (χ1n) is 9.03. The van der Waals surface area contributed by atoms with Gasteiger partial charge in [0, 0.05) is 42.3 Å². The van der Waals surface area contributed by atoms with E-state index in [2.05, 4.69) is 20.2 Å². The lowest BCUT2D eigenvalue weighted by atomic mass is 10.2. The van der Waals surface area contributed by atoms with Crippen LogP contribution in [0.1, 0.15) is 0 Å². The maximum atomic E-state index is 13.8. The number of nitrogens with one attached hydrogen (secondary N) is 1. The average molecular weight is 400 g/mol. The summed E-state index contributed by atoms with van der Waals surface area (Å²) in [5, 5.41) is 4.29. The van der Waals surface area contributed by atoms with E-state index in [0.29, 0.717) is 29.3 Å². The van der Waals surface area contributed by atoms with Gasteiger partial charge >= 0.3 is 0 Å². The SMILES string of the molecule is O=C(CNc1ncnc2c(F)cccc12)N1CCN(c2ccc(Cl)cc2)CC1. The second-order valence-electron chi connectivity index (χ2n) is 6.56. The smallest absolute Gasteiger partial charge is 0.242 e. The minimum absolute atomic E-state index is 0.0149. The molecule has 1 fully saturated rings. The molecule has 0 spiro atoms. The maximum absolute atomic E-state index is 13.8. The molecule has 0 aliphatic carbocycles. The number of hydrogen-bond donors (Lipinski definition) is 1. The Morgan fingerprint density at radius 2 is 1.82 bits per heavy atom. The van der Waals surface area contributed by atoms with Gasteiger partial charge in [0.2, 0.25) is 5.91 Å².